The molecular formula is C19H23Cl. The minimum atomic E-state index is -0.0693. The molecule has 0 radical (unpaired) electrons. The van der Waals surface area contributed by atoms with E-state index in [0.717, 1.165) is 6.42 Å². The van der Waals surface area contributed by atoms with Crippen LogP contribution in [-0.4, -0.2) is 0 Å². The molecule has 0 fully saturated rings. The summed E-state index contributed by atoms with van der Waals surface area (Å²) >= 11 is 6.68. The van der Waals surface area contributed by atoms with Gasteiger partial charge in [-0.05, 0) is 34.1 Å². The maximum atomic E-state index is 6.68. The van der Waals surface area contributed by atoms with Crippen LogP contribution in [0.4, 0.5) is 0 Å². The van der Waals surface area contributed by atoms with E-state index in [1.807, 2.05) is 0 Å². The summed E-state index contributed by atoms with van der Waals surface area (Å²) < 4.78 is 0. The fourth-order valence-corrected chi connectivity index (χ4v) is 2.79. The van der Waals surface area contributed by atoms with Crippen LogP contribution in [0.2, 0.25) is 0 Å². The first kappa shape index (κ1) is 15.1. The van der Waals surface area contributed by atoms with Crippen LogP contribution in [-0.2, 0) is 11.8 Å². The summed E-state index contributed by atoms with van der Waals surface area (Å²) in [6.07, 6.45) is 1.01. The lowest BCUT2D eigenvalue weighted by atomic mass is 9.86. The van der Waals surface area contributed by atoms with Gasteiger partial charge in [0.25, 0.3) is 0 Å². The lowest BCUT2D eigenvalue weighted by molar-refractivity contribution is 0.590. The van der Waals surface area contributed by atoms with Crippen LogP contribution in [0.3, 0.4) is 0 Å². The number of hydrogen-bond donors (Lipinski definition) is 0. The van der Waals surface area contributed by atoms with E-state index in [-0.39, 0.29) is 10.8 Å². The number of rotatable bonds is 3. The van der Waals surface area contributed by atoms with Gasteiger partial charge in [-0.2, -0.15) is 0 Å². The Hall–Kier alpha value is -1.27. The third-order valence-electron chi connectivity index (χ3n) is 3.78. The molecular weight excluding hydrogens is 264 g/mol. The standard InChI is InChI=1S/C19H23Cl/c1-5-14-8-6-7-9-17(14)18(20)15-10-12-16(13-11-15)19(2,3)4/h6-13,18H,5H2,1-4H3. The Balaban J connectivity index is 2.32. The molecule has 2 aromatic rings. The Morgan fingerprint density at radius 3 is 2.10 bits per heavy atom. The highest BCUT2D eigenvalue weighted by atomic mass is 35.5. The van der Waals surface area contributed by atoms with Gasteiger partial charge in [0.05, 0.1) is 5.38 Å². The van der Waals surface area contributed by atoms with Gasteiger partial charge in [-0.1, -0.05) is 76.2 Å². The second kappa shape index (κ2) is 6.01. The van der Waals surface area contributed by atoms with Crippen LogP contribution < -0.4 is 0 Å². The van der Waals surface area contributed by atoms with Gasteiger partial charge in [-0.3, -0.25) is 0 Å². The summed E-state index contributed by atoms with van der Waals surface area (Å²) in [5, 5.41) is -0.0693. The predicted molar refractivity (Wildman–Crippen MR) is 88.7 cm³/mol. The molecule has 0 N–H and O–H groups in total. The van der Waals surface area contributed by atoms with Crippen LogP contribution in [0.15, 0.2) is 48.5 Å². The molecule has 2 rings (SSSR count). The van der Waals surface area contributed by atoms with Gasteiger partial charge < -0.3 is 0 Å². The molecule has 20 heavy (non-hydrogen) atoms. The third kappa shape index (κ3) is 3.24. The molecule has 1 atom stereocenters. The van der Waals surface area contributed by atoms with Crippen molar-refractivity contribution in [1.29, 1.82) is 0 Å². The van der Waals surface area contributed by atoms with E-state index in [1.54, 1.807) is 0 Å². The molecule has 0 aliphatic heterocycles. The molecule has 106 valence electrons. The average molecular weight is 287 g/mol. The van der Waals surface area contributed by atoms with Crippen molar-refractivity contribution in [1.82, 2.24) is 0 Å². The van der Waals surface area contributed by atoms with E-state index in [4.69, 9.17) is 11.6 Å². The van der Waals surface area contributed by atoms with E-state index in [1.165, 1.54) is 22.3 Å². The quantitative estimate of drug-likeness (QED) is 0.619. The summed E-state index contributed by atoms with van der Waals surface area (Å²) in [5.74, 6) is 0. The van der Waals surface area contributed by atoms with Crippen molar-refractivity contribution in [2.45, 2.75) is 44.9 Å². The molecule has 0 aromatic heterocycles. The van der Waals surface area contributed by atoms with Crippen molar-refractivity contribution < 1.29 is 0 Å². The Morgan fingerprint density at radius 2 is 1.55 bits per heavy atom. The Bertz CT molecular complexity index is 561. The van der Waals surface area contributed by atoms with Crippen LogP contribution in [0.5, 0.6) is 0 Å². The van der Waals surface area contributed by atoms with E-state index in [0.29, 0.717) is 0 Å². The SMILES string of the molecule is CCc1ccccc1C(Cl)c1ccc(C(C)(C)C)cc1. The van der Waals surface area contributed by atoms with Crippen molar-refractivity contribution in [3.63, 3.8) is 0 Å². The molecule has 0 spiro atoms. The highest BCUT2D eigenvalue weighted by Gasteiger charge is 2.16. The first-order valence-electron chi connectivity index (χ1n) is 7.25. The molecule has 2 aromatic carbocycles. The third-order valence-corrected chi connectivity index (χ3v) is 4.27. The van der Waals surface area contributed by atoms with Gasteiger partial charge in [0.15, 0.2) is 0 Å². The highest BCUT2D eigenvalue weighted by molar-refractivity contribution is 6.22. The van der Waals surface area contributed by atoms with E-state index >= 15 is 0 Å². The first-order chi connectivity index (χ1) is 9.43. The molecule has 0 heterocycles. The van der Waals surface area contributed by atoms with Gasteiger partial charge in [-0.15, -0.1) is 11.6 Å². The summed E-state index contributed by atoms with van der Waals surface area (Å²) in [7, 11) is 0. The van der Waals surface area contributed by atoms with Gasteiger partial charge in [0.1, 0.15) is 0 Å². The zero-order valence-corrected chi connectivity index (χ0v) is 13.5. The van der Waals surface area contributed by atoms with Gasteiger partial charge in [0, 0.05) is 0 Å². The molecule has 0 saturated heterocycles. The normalized spacial score (nSPS) is 13.2. The Labute approximate surface area is 127 Å². The maximum Gasteiger partial charge on any atom is 0.0838 e. The van der Waals surface area contributed by atoms with Crippen molar-refractivity contribution in [3.8, 4) is 0 Å². The van der Waals surface area contributed by atoms with Crippen LogP contribution in [0.25, 0.3) is 0 Å². The van der Waals surface area contributed by atoms with Crippen molar-refractivity contribution in [2.24, 2.45) is 0 Å². The molecule has 1 unspecified atom stereocenters. The molecule has 0 aliphatic carbocycles. The smallest absolute Gasteiger partial charge is 0.0838 e. The summed E-state index contributed by atoms with van der Waals surface area (Å²) in [6.45, 7) is 8.86. The lowest BCUT2D eigenvalue weighted by Crippen LogP contribution is -2.11. The van der Waals surface area contributed by atoms with Crippen molar-refractivity contribution >= 4 is 11.6 Å². The number of halogens is 1. The molecule has 0 amide bonds. The first-order valence-corrected chi connectivity index (χ1v) is 7.69. The van der Waals surface area contributed by atoms with Crippen molar-refractivity contribution in [3.05, 3.63) is 70.8 Å². The fraction of sp³-hybridized carbons (Fsp3) is 0.368. The van der Waals surface area contributed by atoms with E-state index in [9.17, 15) is 0 Å². The summed E-state index contributed by atoms with van der Waals surface area (Å²) in [6, 6.07) is 17.1. The van der Waals surface area contributed by atoms with Gasteiger partial charge in [-0.25, -0.2) is 0 Å². The Kier molecular flexibility index (Phi) is 4.55. The van der Waals surface area contributed by atoms with E-state index in [2.05, 4.69) is 76.2 Å². The summed E-state index contributed by atoms with van der Waals surface area (Å²) in [4.78, 5) is 0. The maximum absolute atomic E-state index is 6.68. The number of aryl methyl sites for hydroxylation is 1. The largest absolute Gasteiger partial charge is 0.113 e. The molecule has 0 bridgehead atoms. The summed E-state index contributed by atoms with van der Waals surface area (Å²) in [5.41, 5.74) is 5.24. The lowest BCUT2D eigenvalue weighted by Gasteiger charge is -2.20. The number of benzene rings is 2. The molecule has 0 nitrogen and oxygen atoms in total. The highest BCUT2D eigenvalue weighted by Crippen LogP contribution is 2.32. The molecule has 1 heteroatoms. The zero-order chi connectivity index (χ0) is 14.8. The zero-order valence-electron chi connectivity index (χ0n) is 12.8. The van der Waals surface area contributed by atoms with Crippen LogP contribution in [0.1, 0.15) is 55.3 Å². The second-order valence-electron chi connectivity index (χ2n) is 6.29. The molecule has 0 aliphatic rings. The predicted octanol–water partition coefficient (Wildman–Crippen LogP) is 5.87. The number of hydrogen-bond acceptors (Lipinski definition) is 0. The van der Waals surface area contributed by atoms with Crippen molar-refractivity contribution in [2.75, 3.05) is 0 Å². The minimum absolute atomic E-state index is 0.0693. The van der Waals surface area contributed by atoms with Crippen LogP contribution in [0, 0.1) is 0 Å². The van der Waals surface area contributed by atoms with E-state index < -0.39 is 0 Å². The second-order valence-corrected chi connectivity index (χ2v) is 6.72. The van der Waals surface area contributed by atoms with Crippen LogP contribution >= 0.6 is 11.6 Å². The fourth-order valence-electron chi connectivity index (χ4n) is 2.44. The van der Waals surface area contributed by atoms with Gasteiger partial charge >= 0.3 is 0 Å². The Morgan fingerprint density at radius 1 is 0.950 bits per heavy atom. The minimum Gasteiger partial charge on any atom is -0.113 e. The number of alkyl halides is 1. The monoisotopic (exact) mass is 286 g/mol. The average Bonchev–Trinajstić information content (AvgIpc) is 2.45. The molecule has 0 saturated carbocycles. The topological polar surface area (TPSA) is 0 Å². The van der Waals surface area contributed by atoms with Gasteiger partial charge in [0.2, 0.25) is 0 Å².